The first-order valence-electron chi connectivity index (χ1n) is 7.78. The molecule has 0 saturated carbocycles. The predicted octanol–water partition coefficient (Wildman–Crippen LogP) is 2.95. The van der Waals surface area contributed by atoms with Gasteiger partial charge in [-0.05, 0) is 48.2 Å². The second-order valence-electron chi connectivity index (χ2n) is 5.87. The molecule has 4 rings (SSSR count). The number of fused-ring (bicyclic) bond motifs is 3. The van der Waals surface area contributed by atoms with Crippen molar-refractivity contribution in [1.29, 1.82) is 0 Å². The normalized spacial score (nSPS) is 12.4. The minimum Gasteiger partial charge on any atom is -0.446 e. The topological polar surface area (TPSA) is 87.2 Å². The molecular weight excluding hydrogens is 338 g/mol. The van der Waals surface area contributed by atoms with E-state index in [1.54, 1.807) is 28.9 Å². The van der Waals surface area contributed by atoms with Gasteiger partial charge >= 0.3 is 0 Å². The molecule has 6 nitrogen and oxygen atoms in total. The van der Waals surface area contributed by atoms with E-state index in [1.165, 1.54) is 11.3 Å². The number of hydrogen-bond donors (Lipinski definition) is 1. The summed E-state index contributed by atoms with van der Waals surface area (Å²) >= 11 is 1.26. The molecule has 1 amide bonds. The first-order valence-corrected chi connectivity index (χ1v) is 8.60. The Morgan fingerprint density at radius 3 is 2.76 bits per heavy atom. The molecule has 1 aromatic carbocycles. The number of primary amides is 1. The van der Waals surface area contributed by atoms with E-state index < -0.39 is 5.91 Å². The highest BCUT2D eigenvalue weighted by Gasteiger charge is 2.30. The van der Waals surface area contributed by atoms with Crippen LogP contribution < -0.4 is 10.5 Å². The maximum Gasteiger partial charge on any atom is 0.259 e. The Hall–Kier alpha value is -2.93. The predicted molar refractivity (Wildman–Crippen MR) is 94.4 cm³/mol. The number of rotatable bonds is 4. The smallest absolute Gasteiger partial charge is 0.259 e. The minimum atomic E-state index is -0.446. The van der Waals surface area contributed by atoms with Crippen LogP contribution in [0.15, 0.2) is 30.5 Å². The summed E-state index contributed by atoms with van der Waals surface area (Å²) in [4.78, 5) is 23.2. The standard InChI is InChI=1S/C18H15N3O3S/c1-21-15-11(8-20-21)4-7-13-14(15)18(25-16(13)17(19)23)24-12-5-2-10(9-22)3-6-12/h2-3,5-6,8-9H,4,7H2,1H3,(H2,19,23). The van der Waals surface area contributed by atoms with Crippen LogP contribution in [0.25, 0.3) is 11.3 Å². The summed E-state index contributed by atoms with van der Waals surface area (Å²) in [6, 6.07) is 6.83. The van der Waals surface area contributed by atoms with E-state index in [-0.39, 0.29) is 0 Å². The molecule has 2 heterocycles. The van der Waals surface area contributed by atoms with Crippen LogP contribution in [0.4, 0.5) is 0 Å². The first kappa shape index (κ1) is 15.6. The third-order valence-electron chi connectivity index (χ3n) is 4.32. The maximum atomic E-state index is 11.9. The van der Waals surface area contributed by atoms with Gasteiger partial charge in [0.25, 0.3) is 5.91 Å². The summed E-state index contributed by atoms with van der Waals surface area (Å²) in [5.74, 6) is 0.151. The average molecular weight is 353 g/mol. The number of aldehydes is 1. The molecule has 126 valence electrons. The number of carbonyl (C=O) groups excluding carboxylic acids is 2. The SMILES string of the molecule is Cn1ncc2c1-c1c(Oc3ccc(C=O)cc3)sc(C(N)=O)c1CC2. The quantitative estimate of drug-likeness (QED) is 0.731. The van der Waals surface area contributed by atoms with Gasteiger partial charge in [0.05, 0.1) is 22.3 Å². The van der Waals surface area contributed by atoms with Crippen LogP contribution in [0.3, 0.4) is 0 Å². The van der Waals surface area contributed by atoms with Crippen LogP contribution in [-0.2, 0) is 19.9 Å². The number of aryl methyl sites for hydroxylation is 2. The zero-order valence-electron chi connectivity index (χ0n) is 13.5. The molecule has 0 bridgehead atoms. The molecule has 0 fully saturated rings. The van der Waals surface area contributed by atoms with Crippen molar-refractivity contribution in [2.45, 2.75) is 12.8 Å². The van der Waals surface area contributed by atoms with E-state index in [1.807, 2.05) is 13.2 Å². The summed E-state index contributed by atoms with van der Waals surface area (Å²) in [7, 11) is 1.87. The van der Waals surface area contributed by atoms with Crippen LogP contribution in [-0.4, -0.2) is 22.0 Å². The van der Waals surface area contributed by atoms with Gasteiger partial charge in [-0.15, -0.1) is 0 Å². The molecule has 0 spiro atoms. The van der Waals surface area contributed by atoms with Crippen molar-refractivity contribution in [2.24, 2.45) is 12.8 Å². The Morgan fingerprint density at radius 1 is 1.32 bits per heavy atom. The van der Waals surface area contributed by atoms with E-state index in [9.17, 15) is 9.59 Å². The first-order chi connectivity index (χ1) is 12.1. The Bertz CT molecular complexity index is 986. The number of ether oxygens (including phenoxy) is 1. The van der Waals surface area contributed by atoms with Gasteiger partial charge in [-0.1, -0.05) is 11.3 Å². The van der Waals surface area contributed by atoms with Crippen LogP contribution in [0.1, 0.15) is 31.2 Å². The number of benzene rings is 1. The van der Waals surface area contributed by atoms with E-state index in [0.29, 0.717) is 21.3 Å². The molecule has 25 heavy (non-hydrogen) atoms. The van der Waals surface area contributed by atoms with Crippen LogP contribution in [0.5, 0.6) is 10.8 Å². The van der Waals surface area contributed by atoms with Gasteiger partial charge in [-0.25, -0.2) is 0 Å². The fourth-order valence-electron chi connectivity index (χ4n) is 3.16. The molecule has 0 atom stereocenters. The zero-order valence-corrected chi connectivity index (χ0v) is 14.3. The zero-order chi connectivity index (χ0) is 17.6. The van der Waals surface area contributed by atoms with E-state index in [2.05, 4.69) is 5.10 Å². The number of carbonyl (C=O) groups is 2. The number of nitrogens with zero attached hydrogens (tertiary/aromatic N) is 2. The highest BCUT2D eigenvalue weighted by atomic mass is 32.1. The molecule has 1 aliphatic rings. The van der Waals surface area contributed by atoms with Crippen molar-refractivity contribution in [3.05, 3.63) is 52.0 Å². The summed E-state index contributed by atoms with van der Waals surface area (Å²) in [5.41, 5.74) is 10.1. The van der Waals surface area contributed by atoms with E-state index >= 15 is 0 Å². The molecular formula is C18H15N3O3S. The second-order valence-corrected chi connectivity index (χ2v) is 6.85. The highest BCUT2D eigenvalue weighted by Crippen LogP contribution is 2.48. The van der Waals surface area contributed by atoms with Gasteiger partial charge in [0, 0.05) is 12.6 Å². The lowest BCUT2D eigenvalue weighted by molar-refractivity contribution is 0.100. The molecule has 0 radical (unpaired) electrons. The van der Waals surface area contributed by atoms with Gasteiger partial charge in [0.15, 0.2) is 5.06 Å². The molecule has 2 aromatic heterocycles. The van der Waals surface area contributed by atoms with Gasteiger partial charge < -0.3 is 10.5 Å². The third kappa shape index (κ3) is 2.53. The maximum absolute atomic E-state index is 11.9. The van der Waals surface area contributed by atoms with Crippen LogP contribution >= 0.6 is 11.3 Å². The Balaban J connectivity index is 1.84. The fourth-order valence-corrected chi connectivity index (χ4v) is 4.23. The largest absolute Gasteiger partial charge is 0.446 e. The lowest BCUT2D eigenvalue weighted by Gasteiger charge is -2.16. The van der Waals surface area contributed by atoms with Gasteiger partial charge in [-0.3, -0.25) is 14.3 Å². The second kappa shape index (κ2) is 5.86. The molecule has 7 heteroatoms. The van der Waals surface area contributed by atoms with Crippen molar-refractivity contribution >= 4 is 23.5 Å². The number of thiophene rings is 1. The molecule has 0 saturated heterocycles. The summed E-state index contributed by atoms with van der Waals surface area (Å²) in [6.45, 7) is 0. The highest BCUT2D eigenvalue weighted by molar-refractivity contribution is 7.16. The molecule has 2 N–H and O–H groups in total. The Labute approximate surface area is 147 Å². The summed E-state index contributed by atoms with van der Waals surface area (Å²) < 4.78 is 7.84. The molecule has 3 aromatic rings. The number of aromatic nitrogens is 2. The minimum absolute atomic E-state index is 0.446. The molecule has 0 aliphatic heterocycles. The average Bonchev–Trinajstić information content (AvgIpc) is 3.17. The number of amides is 1. The lowest BCUT2D eigenvalue weighted by atomic mass is 9.91. The van der Waals surface area contributed by atoms with E-state index in [0.717, 1.165) is 41.5 Å². The number of hydrogen-bond acceptors (Lipinski definition) is 5. The lowest BCUT2D eigenvalue weighted by Crippen LogP contribution is -2.13. The summed E-state index contributed by atoms with van der Waals surface area (Å²) in [5, 5.41) is 4.95. The van der Waals surface area contributed by atoms with Gasteiger partial charge in [0.1, 0.15) is 12.0 Å². The van der Waals surface area contributed by atoms with Gasteiger partial charge in [-0.2, -0.15) is 5.10 Å². The van der Waals surface area contributed by atoms with Crippen molar-refractivity contribution in [3.63, 3.8) is 0 Å². The molecule has 0 unspecified atom stereocenters. The van der Waals surface area contributed by atoms with E-state index in [4.69, 9.17) is 10.5 Å². The van der Waals surface area contributed by atoms with Gasteiger partial charge in [0.2, 0.25) is 0 Å². The van der Waals surface area contributed by atoms with Crippen molar-refractivity contribution in [3.8, 4) is 22.1 Å². The monoisotopic (exact) mass is 353 g/mol. The van der Waals surface area contributed by atoms with Crippen LogP contribution in [0, 0.1) is 0 Å². The van der Waals surface area contributed by atoms with Crippen molar-refractivity contribution in [1.82, 2.24) is 9.78 Å². The summed E-state index contributed by atoms with van der Waals surface area (Å²) in [6.07, 6.45) is 4.18. The number of nitrogens with two attached hydrogens (primary N) is 1. The molecule has 1 aliphatic carbocycles. The Morgan fingerprint density at radius 2 is 2.08 bits per heavy atom. The Kier molecular flexibility index (Phi) is 3.65. The third-order valence-corrected chi connectivity index (χ3v) is 5.45. The van der Waals surface area contributed by atoms with Crippen molar-refractivity contribution in [2.75, 3.05) is 0 Å². The van der Waals surface area contributed by atoms with Crippen molar-refractivity contribution < 1.29 is 14.3 Å². The fraction of sp³-hybridized carbons (Fsp3) is 0.167. The van der Waals surface area contributed by atoms with Crippen LogP contribution in [0.2, 0.25) is 0 Å².